The van der Waals surface area contributed by atoms with E-state index in [1.165, 1.54) is 0 Å². The van der Waals surface area contributed by atoms with Crippen LogP contribution in [0, 0.1) is 0 Å². The number of aryl methyl sites for hydroxylation is 1. The number of aliphatic hydroxyl groups is 1. The third kappa shape index (κ3) is 4.60. The van der Waals surface area contributed by atoms with Crippen molar-refractivity contribution in [1.29, 1.82) is 0 Å². The van der Waals surface area contributed by atoms with Crippen molar-refractivity contribution in [3.8, 4) is 5.75 Å². The summed E-state index contributed by atoms with van der Waals surface area (Å²) >= 11 is 0. The number of rotatable bonds is 6. The lowest BCUT2D eigenvalue weighted by atomic mass is 9.99. The average molecular weight is 299 g/mol. The van der Waals surface area contributed by atoms with Crippen LogP contribution < -0.4 is 5.32 Å². The van der Waals surface area contributed by atoms with Crippen LogP contribution in [0.2, 0.25) is 0 Å². The highest BCUT2D eigenvalue weighted by Crippen LogP contribution is 2.17. The van der Waals surface area contributed by atoms with Gasteiger partial charge in [-0.1, -0.05) is 49.4 Å². The van der Waals surface area contributed by atoms with Crippen LogP contribution in [0.15, 0.2) is 54.6 Å². The second-order valence-corrected chi connectivity index (χ2v) is 5.38. The van der Waals surface area contributed by atoms with E-state index < -0.39 is 6.23 Å². The standard InChI is InChI=1S/C18H21NO3/c1-13(15-5-3-2-4-6-15)18(22)19-17(21)12-9-14-7-10-16(20)11-8-14/h2-8,10-11,13,18,20,22H,9,12H2,1H3,(H,19,21). The van der Waals surface area contributed by atoms with Crippen molar-refractivity contribution >= 4 is 5.91 Å². The predicted octanol–water partition coefficient (Wildman–Crippen LogP) is 2.56. The molecule has 0 spiro atoms. The predicted molar refractivity (Wildman–Crippen MR) is 85.4 cm³/mol. The molecule has 0 heterocycles. The topological polar surface area (TPSA) is 69.6 Å². The molecule has 2 atom stereocenters. The Bertz CT molecular complexity index is 595. The van der Waals surface area contributed by atoms with Crippen LogP contribution in [-0.4, -0.2) is 22.3 Å². The van der Waals surface area contributed by atoms with Crippen LogP contribution in [0.25, 0.3) is 0 Å². The number of amides is 1. The number of phenols is 1. The number of hydrogen-bond acceptors (Lipinski definition) is 3. The van der Waals surface area contributed by atoms with Gasteiger partial charge in [-0.05, 0) is 29.7 Å². The second-order valence-electron chi connectivity index (χ2n) is 5.38. The largest absolute Gasteiger partial charge is 0.508 e. The van der Waals surface area contributed by atoms with Crippen LogP contribution in [-0.2, 0) is 11.2 Å². The van der Waals surface area contributed by atoms with E-state index in [0.29, 0.717) is 12.8 Å². The summed E-state index contributed by atoms with van der Waals surface area (Å²) in [6, 6.07) is 16.3. The van der Waals surface area contributed by atoms with Gasteiger partial charge >= 0.3 is 0 Å². The average Bonchev–Trinajstić information content (AvgIpc) is 2.54. The normalized spacial score (nSPS) is 13.4. The van der Waals surface area contributed by atoms with E-state index in [9.17, 15) is 15.0 Å². The number of phenolic OH excluding ortho intramolecular Hbond substituents is 1. The molecule has 0 aromatic heterocycles. The van der Waals surface area contributed by atoms with Crippen molar-refractivity contribution in [2.45, 2.75) is 31.9 Å². The summed E-state index contributed by atoms with van der Waals surface area (Å²) in [5, 5.41) is 21.9. The Morgan fingerprint density at radius 2 is 1.73 bits per heavy atom. The van der Waals surface area contributed by atoms with Gasteiger partial charge in [-0.3, -0.25) is 4.79 Å². The van der Waals surface area contributed by atoms with Crippen molar-refractivity contribution in [3.05, 3.63) is 65.7 Å². The Balaban J connectivity index is 1.82. The molecule has 2 rings (SSSR count). The van der Waals surface area contributed by atoms with Crippen molar-refractivity contribution in [3.63, 3.8) is 0 Å². The fourth-order valence-corrected chi connectivity index (χ4v) is 2.22. The van der Waals surface area contributed by atoms with Gasteiger partial charge in [0, 0.05) is 12.3 Å². The molecule has 3 N–H and O–H groups in total. The lowest BCUT2D eigenvalue weighted by Crippen LogP contribution is -2.38. The van der Waals surface area contributed by atoms with E-state index in [0.717, 1.165) is 11.1 Å². The summed E-state index contributed by atoms with van der Waals surface area (Å²) < 4.78 is 0. The maximum atomic E-state index is 11.9. The smallest absolute Gasteiger partial charge is 0.222 e. The zero-order chi connectivity index (χ0) is 15.9. The highest BCUT2D eigenvalue weighted by atomic mass is 16.3. The van der Waals surface area contributed by atoms with Gasteiger partial charge in [0.25, 0.3) is 0 Å². The van der Waals surface area contributed by atoms with E-state index in [4.69, 9.17) is 0 Å². The zero-order valence-corrected chi connectivity index (χ0v) is 12.6. The minimum absolute atomic E-state index is 0.168. The molecule has 2 aromatic rings. The molecule has 2 aromatic carbocycles. The SMILES string of the molecule is CC(c1ccccc1)C(O)NC(=O)CCc1ccc(O)cc1. The fraction of sp³-hybridized carbons (Fsp3) is 0.278. The summed E-state index contributed by atoms with van der Waals surface area (Å²) in [4.78, 5) is 11.9. The Hall–Kier alpha value is -2.33. The van der Waals surface area contributed by atoms with Gasteiger partial charge in [-0.2, -0.15) is 0 Å². The van der Waals surface area contributed by atoms with Crippen molar-refractivity contribution in [2.24, 2.45) is 0 Å². The molecule has 0 radical (unpaired) electrons. The van der Waals surface area contributed by atoms with Crippen molar-refractivity contribution < 1.29 is 15.0 Å². The third-order valence-electron chi connectivity index (χ3n) is 3.68. The molecule has 0 fully saturated rings. The second kappa shape index (κ2) is 7.61. The maximum absolute atomic E-state index is 11.9. The van der Waals surface area contributed by atoms with E-state index >= 15 is 0 Å². The Labute approximate surface area is 130 Å². The van der Waals surface area contributed by atoms with Crippen LogP contribution in [0.5, 0.6) is 5.75 Å². The van der Waals surface area contributed by atoms with Crippen LogP contribution in [0.1, 0.15) is 30.4 Å². The number of nitrogens with one attached hydrogen (secondary N) is 1. The number of hydrogen-bond donors (Lipinski definition) is 3. The molecule has 0 saturated heterocycles. The highest BCUT2D eigenvalue weighted by Gasteiger charge is 2.17. The van der Waals surface area contributed by atoms with Crippen LogP contribution >= 0.6 is 0 Å². The molecule has 0 bridgehead atoms. The number of aromatic hydroxyl groups is 1. The number of carbonyl (C=O) groups excluding carboxylic acids is 1. The first-order valence-corrected chi connectivity index (χ1v) is 7.36. The molecule has 0 aliphatic rings. The summed E-state index contributed by atoms with van der Waals surface area (Å²) in [5.74, 6) is -0.150. The first kappa shape index (κ1) is 16.0. The summed E-state index contributed by atoms with van der Waals surface area (Å²) in [6.45, 7) is 1.88. The Kier molecular flexibility index (Phi) is 5.55. The van der Waals surface area contributed by atoms with Gasteiger partial charge in [0.05, 0.1) is 0 Å². The number of benzene rings is 2. The van der Waals surface area contributed by atoms with Gasteiger partial charge in [0.15, 0.2) is 0 Å². The van der Waals surface area contributed by atoms with Gasteiger partial charge in [0.2, 0.25) is 5.91 Å². The molecule has 4 heteroatoms. The highest BCUT2D eigenvalue weighted by molar-refractivity contribution is 5.76. The maximum Gasteiger partial charge on any atom is 0.222 e. The molecular formula is C18H21NO3. The lowest BCUT2D eigenvalue weighted by molar-refractivity contribution is -0.124. The zero-order valence-electron chi connectivity index (χ0n) is 12.6. The molecule has 0 saturated carbocycles. The number of aliphatic hydroxyl groups excluding tert-OH is 1. The summed E-state index contributed by atoms with van der Waals surface area (Å²) in [5.41, 5.74) is 1.95. The summed E-state index contributed by atoms with van der Waals surface area (Å²) in [6.07, 6.45) is -0.0447. The summed E-state index contributed by atoms with van der Waals surface area (Å²) in [7, 11) is 0. The molecule has 0 aliphatic carbocycles. The Morgan fingerprint density at radius 1 is 1.09 bits per heavy atom. The first-order chi connectivity index (χ1) is 10.6. The molecule has 1 amide bonds. The van der Waals surface area contributed by atoms with Gasteiger partial charge < -0.3 is 15.5 Å². The van der Waals surface area contributed by atoms with Gasteiger partial charge in [0.1, 0.15) is 12.0 Å². The number of carbonyl (C=O) groups is 1. The van der Waals surface area contributed by atoms with Crippen LogP contribution in [0.4, 0.5) is 0 Å². The molecular weight excluding hydrogens is 278 g/mol. The molecule has 116 valence electrons. The van der Waals surface area contributed by atoms with Crippen molar-refractivity contribution in [2.75, 3.05) is 0 Å². The third-order valence-corrected chi connectivity index (χ3v) is 3.68. The monoisotopic (exact) mass is 299 g/mol. The van der Waals surface area contributed by atoms with Crippen molar-refractivity contribution in [1.82, 2.24) is 5.32 Å². The quantitative estimate of drug-likeness (QED) is 0.718. The molecule has 4 nitrogen and oxygen atoms in total. The minimum Gasteiger partial charge on any atom is -0.508 e. The Morgan fingerprint density at radius 3 is 2.36 bits per heavy atom. The lowest BCUT2D eigenvalue weighted by Gasteiger charge is -2.20. The van der Waals surface area contributed by atoms with E-state index in [1.807, 2.05) is 37.3 Å². The molecule has 22 heavy (non-hydrogen) atoms. The molecule has 0 aliphatic heterocycles. The van der Waals surface area contributed by atoms with E-state index in [1.54, 1.807) is 24.3 Å². The molecule has 2 unspecified atom stereocenters. The van der Waals surface area contributed by atoms with Crippen LogP contribution in [0.3, 0.4) is 0 Å². The van der Waals surface area contributed by atoms with E-state index in [-0.39, 0.29) is 17.6 Å². The van der Waals surface area contributed by atoms with E-state index in [2.05, 4.69) is 5.32 Å². The fourth-order valence-electron chi connectivity index (χ4n) is 2.22. The van der Waals surface area contributed by atoms with Gasteiger partial charge in [-0.15, -0.1) is 0 Å². The first-order valence-electron chi connectivity index (χ1n) is 7.36. The minimum atomic E-state index is -0.908. The van der Waals surface area contributed by atoms with Gasteiger partial charge in [-0.25, -0.2) is 0 Å².